The highest BCUT2D eigenvalue weighted by atomic mass is 19.4. The van der Waals surface area contributed by atoms with Gasteiger partial charge < -0.3 is 9.13 Å². The third-order valence-corrected chi connectivity index (χ3v) is 14.7. The minimum atomic E-state index is -5.08. The predicted molar refractivity (Wildman–Crippen MR) is 299 cm³/mol. The summed E-state index contributed by atoms with van der Waals surface area (Å²) in [5.74, 6) is 0.948. The summed E-state index contributed by atoms with van der Waals surface area (Å²) in [5.41, 5.74) is 0.108. The first-order valence-electron chi connectivity index (χ1n) is 25.8. The first-order valence-corrected chi connectivity index (χ1v) is 25.8. The summed E-state index contributed by atoms with van der Waals surface area (Å²) in [6.45, 7) is 0. The predicted octanol–water partition coefficient (Wildman–Crippen LogP) is 19.5. The van der Waals surface area contributed by atoms with Crippen molar-refractivity contribution >= 4 is 43.6 Å². The van der Waals surface area contributed by atoms with Gasteiger partial charge in [-0.2, -0.15) is 52.7 Å². The van der Waals surface area contributed by atoms with Gasteiger partial charge in [-0.25, -0.2) is 15.0 Å². The van der Waals surface area contributed by atoms with Gasteiger partial charge in [0.05, 0.1) is 50.0 Å². The molecule has 9 aromatic carbocycles. The van der Waals surface area contributed by atoms with Crippen LogP contribution in [0.5, 0.6) is 0 Å². The molecule has 0 saturated heterocycles. The number of fused-ring (bicyclic) bond motifs is 6. The number of rotatable bonds is 8. The van der Waals surface area contributed by atoms with Crippen LogP contribution < -0.4 is 0 Å². The third kappa shape index (κ3) is 9.61. The van der Waals surface area contributed by atoms with E-state index in [-0.39, 0.29) is 40.2 Å². The third-order valence-electron chi connectivity index (χ3n) is 14.7. The van der Waals surface area contributed by atoms with Crippen molar-refractivity contribution < 1.29 is 52.7 Å². The van der Waals surface area contributed by atoms with Gasteiger partial charge in [-0.3, -0.25) is 4.98 Å². The first-order chi connectivity index (χ1) is 40.2. The lowest BCUT2D eigenvalue weighted by atomic mass is 9.97. The van der Waals surface area contributed by atoms with Gasteiger partial charge in [0.25, 0.3) is 0 Å². The quantitative estimate of drug-likeness (QED) is 0.142. The number of nitrogens with zero attached hydrogens (tertiary/aromatic N) is 6. The maximum Gasteiger partial charge on any atom is 0.416 e. The van der Waals surface area contributed by atoms with E-state index in [1.165, 1.54) is 12.1 Å². The Bertz CT molecular complexity index is 4610. The Labute approximate surface area is 468 Å². The van der Waals surface area contributed by atoms with Crippen LogP contribution in [0.4, 0.5) is 52.7 Å². The van der Waals surface area contributed by atoms with Crippen LogP contribution in [0.15, 0.2) is 219 Å². The molecule has 84 heavy (non-hydrogen) atoms. The van der Waals surface area contributed by atoms with Crippen molar-refractivity contribution in [2.75, 3.05) is 0 Å². The van der Waals surface area contributed by atoms with Gasteiger partial charge in [0, 0.05) is 61.9 Å². The molecule has 0 radical (unpaired) electrons. The van der Waals surface area contributed by atoms with E-state index in [1.807, 2.05) is 100 Å². The maximum atomic E-state index is 14.2. The SMILES string of the molecule is FC(F)(F)c1cc(-c2ccc3c(c2)c2ccccc2n3-c2ccc(-c3nc(-c4ccccc4)nc(-c4ccccc4)n3)c(-c3cnccc3-n3c4ccccc4c4cc(-c5cc(C(F)(F)F)cc(C(F)(F)F)c5)ccc43)c2)cc(C(F)(F)F)c1. The molecule has 0 aliphatic carbocycles. The second kappa shape index (κ2) is 19.8. The minimum Gasteiger partial charge on any atom is -0.309 e. The number of halogens is 12. The minimum absolute atomic E-state index is 0.0876. The van der Waals surface area contributed by atoms with Crippen molar-refractivity contribution in [2.24, 2.45) is 0 Å². The largest absolute Gasteiger partial charge is 0.416 e. The van der Waals surface area contributed by atoms with E-state index in [2.05, 4.69) is 4.98 Å². The number of aromatic nitrogens is 6. The monoisotopic (exact) mass is 1140 g/mol. The fraction of sp³-hybridized carbons (Fsp3) is 0.0606. The van der Waals surface area contributed by atoms with Gasteiger partial charge in [-0.05, 0) is 125 Å². The summed E-state index contributed by atoms with van der Waals surface area (Å²) in [7, 11) is 0. The molecule has 0 aliphatic heterocycles. The van der Waals surface area contributed by atoms with Crippen LogP contribution >= 0.6 is 0 Å². The smallest absolute Gasteiger partial charge is 0.309 e. The molecule has 0 amide bonds. The lowest BCUT2D eigenvalue weighted by molar-refractivity contribution is -0.144. The van der Waals surface area contributed by atoms with Gasteiger partial charge in [-0.15, -0.1) is 0 Å². The molecule has 0 N–H and O–H groups in total. The molecule has 0 spiro atoms. The zero-order valence-electron chi connectivity index (χ0n) is 43.0. The molecule has 13 rings (SSSR count). The number of pyridine rings is 1. The molecule has 0 saturated carbocycles. The van der Waals surface area contributed by atoms with Gasteiger partial charge in [0.2, 0.25) is 0 Å². The van der Waals surface area contributed by atoms with Gasteiger partial charge in [-0.1, -0.05) is 109 Å². The summed E-state index contributed by atoms with van der Waals surface area (Å²) in [5, 5.41) is 2.28. The zero-order valence-corrected chi connectivity index (χ0v) is 43.0. The van der Waals surface area contributed by atoms with Crippen LogP contribution in [0.1, 0.15) is 22.3 Å². The second-order valence-corrected chi connectivity index (χ2v) is 19.9. The number of hydrogen-bond acceptors (Lipinski definition) is 4. The zero-order chi connectivity index (χ0) is 58.5. The van der Waals surface area contributed by atoms with Crippen molar-refractivity contribution in [3.05, 3.63) is 241 Å². The fourth-order valence-corrected chi connectivity index (χ4v) is 10.9. The van der Waals surface area contributed by atoms with Gasteiger partial charge >= 0.3 is 24.7 Å². The average molecular weight is 1140 g/mol. The van der Waals surface area contributed by atoms with Crippen molar-refractivity contribution in [2.45, 2.75) is 24.7 Å². The van der Waals surface area contributed by atoms with Crippen LogP contribution in [0.25, 0.3) is 123 Å². The van der Waals surface area contributed by atoms with E-state index in [1.54, 1.807) is 79.1 Å². The highest BCUT2D eigenvalue weighted by Gasteiger charge is 2.39. The van der Waals surface area contributed by atoms with Crippen molar-refractivity contribution in [1.29, 1.82) is 0 Å². The number of alkyl halides is 12. The first kappa shape index (κ1) is 53.2. The standard InChI is InChI=1S/C66H36F12N6/c67-63(68,69)43-27-41(28-44(33-43)64(70,71)72)39-19-23-57-52(31-39)48-15-7-9-17-55(48)83(57)47-21-22-50(62-81-60(37-11-3-1-4-12-37)80-61(82-62)38-13-5-2-6-14-38)51(35-47)54-36-79-26-25-59(54)84-56-18-10-8-16-49(56)53-32-40(20-24-58(53)84)42-29-45(65(73,74)75)34-46(30-42)66(76,77)78/h1-36H. The summed E-state index contributed by atoms with van der Waals surface area (Å²) in [6.07, 6.45) is -17.1. The average Bonchev–Trinajstić information content (AvgIpc) is 1.79. The molecular weight excluding hydrogens is 1100 g/mol. The highest BCUT2D eigenvalue weighted by molar-refractivity contribution is 6.12. The number of hydrogen-bond donors (Lipinski definition) is 0. The summed E-state index contributed by atoms with van der Waals surface area (Å²) < 4.78 is 174. The normalized spacial score (nSPS) is 12.5. The molecule has 4 heterocycles. The van der Waals surface area contributed by atoms with Crippen LogP contribution in [-0.4, -0.2) is 29.1 Å². The van der Waals surface area contributed by atoms with E-state index in [0.717, 1.165) is 0 Å². The Kier molecular flexibility index (Phi) is 12.6. The molecule has 0 bridgehead atoms. The van der Waals surface area contributed by atoms with E-state index in [9.17, 15) is 52.7 Å². The van der Waals surface area contributed by atoms with E-state index >= 15 is 0 Å². The highest BCUT2D eigenvalue weighted by Crippen LogP contribution is 2.46. The second-order valence-electron chi connectivity index (χ2n) is 19.9. The molecule has 0 aliphatic rings. The van der Waals surface area contributed by atoms with Crippen LogP contribution in [0.2, 0.25) is 0 Å². The lowest BCUT2D eigenvalue weighted by Crippen LogP contribution is -2.11. The molecule has 18 heteroatoms. The van der Waals surface area contributed by atoms with Gasteiger partial charge in [0.1, 0.15) is 0 Å². The fourth-order valence-electron chi connectivity index (χ4n) is 10.9. The topological polar surface area (TPSA) is 61.4 Å². The van der Waals surface area contributed by atoms with Gasteiger partial charge in [0.15, 0.2) is 17.5 Å². The Morgan fingerprint density at radius 3 is 1.18 bits per heavy atom. The molecule has 4 aromatic heterocycles. The number of para-hydroxylation sites is 2. The molecule has 0 atom stereocenters. The Morgan fingerprint density at radius 1 is 0.286 bits per heavy atom. The van der Waals surface area contributed by atoms with E-state index in [0.29, 0.717) is 119 Å². The van der Waals surface area contributed by atoms with Crippen LogP contribution in [0.3, 0.4) is 0 Å². The Morgan fingerprint density at radius 2 is 0.702 bits per heavy atom. The maximum absolute atomic E-state index is 14.2. The van der Waals surface area contributed by atoms with E-state index in [4.69, 9.17) is 15.0 Å². The molecule has 13 aromatic rings. The van der Waals surface area contributed by atoms with Crippen LogP contribution in [-0.2, 0) is 24.7 Å². The summed E-state index contributed by atoms with van der Waals surface area (Å²) >= 11 is 0. The summed E-state index contributed by atoms with van der Waals surface area (Å²) in [4.78, 5) is 19.7. The molecule has 0 fully saturated rings. The molecule has 0 unspecified atom stereocenters. The molecule has 414 valence electrons. The molecular formula is C66H36F12N6. The lowest BCUT2D eigenvalue weighted by Gasteiger charge is -2.19. The van der Waals surface area contributed by atoms with Crippen LogP contribution in [0, 0.1) is 0 Å². The van der Waals surface area contributed by atoms with Crippen molar-refractivity contribution in [3.63, 3.8) is 0 Å². The van der Waals surface area contributed by atoms with Crippen molar-refractivity contribution in [1.82, 2.24) is 29.1 Å². The van der Waals surface area contributed by atoms with E-state index < -0.39 is 47.0 Å². The Balaban J connectivity index is 1.06. The Hall–Kier alpha value is -10.1. The summed E-state index contributed by atoms with van der Waals surface area (Å²) in [6, 6.07) is 52.6. The molecule has 6 nitrogen and oxygen atoms in total. The number of benzene rings is 9. The van der Waals surface area contributed by atoms with Crippen molar-refractivity contribution in [3.8, 4) is 78.9 Å².